The first-order valence-electron chi connectivity index (χ1n) is 6.40. The van der Waals surface area contributed by atoms with Crippen LogP contribution in [0.25, 0.3) is 0 Å². The molecule has 1 aromatic rings. The van der Waals surface area contributed by atoms with Gasteiger partial charge in [0.25, 0.3) is 0 Å². The van der Waals surface area contributed by atoms with Crippen LogP contribution in [0.1, 0.15) is 24.8 Å². The zero-order valence-corrected chi connectivity index (χ0v) is 12.2. The molecule has 2 atom stereocenters. The highest BCUT2D eigenvalue weighted by Gasteiger charge is 2.24. The van der Waals surface area contributed by atoms with E-state index in [-0.39, 0.29) is 6.04 Å². The number of rotatable bonds is 4. The highest BCUT2D eigenvalue weighted by atomic mass is 79.9. The van der Waals surface area contributed by atoms with Crippen molar-refractivity contribution in [2.45, 2.75) is 37.9 Å². The summed E-state index contributed by atoms with van der Waals surface area (Å²) in [4.78, 5) is 0. The molecule has 1 heterocycles. The van der Waals surface area contributed by atoms with Gasteiger partial charge in [0.1, 0.15) is 11.9 Å². The lowest BCUT2D eigenvalue weighted by Gasteiger charge is -2.27. The van der Waals surface area contributed by atoms with E-state index in [4.69, 9.17) is 4.74 Å². The molecule has 0 bridgehead atoms. The Labute approximate surface area is 116 Å². The maximum atomic E-state index is 14.3. The van der Waals surface area contributed by atoms with Crippen molar-refractivity contribution >= 4 is 15.9 Å². The van der Waals surface area contributed by atoms with Gasteiger partial charge in [-0.05, 0) is 43.1 Å². The van der Waals surface area contributed by atoms with Gasteiger partial charge in [-0.3, -0.25) is 0 Å². The molecule has 0 amide bonds. The lowest BCUT2D eigenvalue weighted by molar-refractivity contribution is 0.215. The second kappa shape index (κ2) is 6.53. The van der Waals surface area contributed by atoms with Crippen molar-refractivity contribution in [1.82, 2.24) is 5.32 Å². The monoisotopic (exact) mass is 315 g/mol. The molecule has 1 aromatic carbocycles. The van der Waals surface area contributed by atoms with Gasteiger partial charge in [-0.15, -0.1) is 0 Å². The molecule has 18 heavy (non-hydrogen) atoms. The number of methoxy groups -OCH3 is 1. The number of nitrogens with one attached hydrogen (secondary N) is 1. The Kier molecular flexibility index (Phi) is 5.01. The zero-order valence-electron chi connectivity index (χ0n) is 10.6. The molecule has 1 fully saturated rings. The average Bonchev–Trinajstić information content (AvgIpc) is 2.40. The number of halogens is 2. The van der Waals surface area contributed by atoms with Crippen molar-refractivity contribution in [3.63, 3.8) is 0 Å². The van der Waals surface area contributed by atoms with Crippen LogP contribution >= 0.6 is 15.9 Å². The highest BCUT2D eigenvalue weighted by Crippen LogP contribution is 2.26. The summed E-state index contributed by atoms with van der Waals surface area (Å²) < 4.78 is 20.5. The fourth-order valence-electron chi connectivity index (χ4n) is 2.45. The molecular formula is C14H19BrFNO. The van der Waals surface area contributed by atoms with E-state index in [2.05, 4.69) is 21.2 Å². The van der Waals surface area contributed by atoms with E-state index >= 15 is 0 Å². The Morgan fingerprint density at radius 3 is 3.00 bits per heavy atom. The highest BCUT2D eigenvalue weighted by molar-refractivity contribution is 9.10. The van der Waals surface area contributed by atoms with E-state index in [1.165, 1.54) is 0 Å². The van der Waals surface area contributed by atoms with Gasteiger partial charge in [0.15, 0.2) is 0 Å². The summed E-state index contributed by atoms with van der Waals surface area (Å²) in [6, 6.07) is 5.71. The van der Waals surface area contributed by atoms with E-state index < -0.39 is 6.17 Å². The molecular weight excluding hydrogens is 297 g/mol. The van der Waals surface area contributed by atoms with Crippen molar-refractivity contribution < 1.29 is 9.13 Å². The van der Waals surface area contributed by atoms with Gasteiger partial charge < -0.3 is 10.1 Å². The molecule has 4 heteroatoms. The summed E-state index contributed by atoms with van der Waals surface area (Å²) >= 11 is 3.42. The molecule has 0 radical (unpaired) electrons. The van der Waals surface area contributed by atoms with Crippen LogP contribution in [0.3, 0.4) is 0 Å². The fraction of sp³-hybridized carbons (Fsp3) is 0.571. The largest absolute Gasteiger partial charge is 0.496 e. The Balaban J connectivity index is 2.05. The summed E-state index contributed by atoms with van der Waals surface area (Å²) in [5.41, 5.74) is 0.923. The van der Waals surface area contributed by atoms with Gasteiger partial charge in [-0.25, -0.2) is 4.39 Å². The average molecular weight is 316 g/mol. The topological polar surface area (TPSA) is 21.3 Å². The Hall–Kier alpha value is -0.610. The summed E-state index contributed by atoms with van der Waals surface area (Å²) in [5, 5.41) is 3.26. The van der Waals surface area contributed by atoms with Crippen LogP contribution in [0.2, 0.25) is 0 Å². The second-order valence-corrected chi connectivity index (χ2v) is 5.65. The van der Waals surface area contributed by atoms with Crippen LogP contribution in [0.15, 0.2) is 22.7 Å². The first-order chi connectivity index (χ1) is 8.70. The molecule has 2 unspecified atom stereocenters. The van der Waals surface area contributed by atoms with E-state index in [9.17, 15) is 4.39 Å². The number of benzene rings is 1. The summed E-state index contributed by atoms with van der Waals surface area (Å²) in [7, 11) is 1.62. The Morgan fingerprint density at radius 2 is 2.33 bits per heavy atom. The predicted molar refractivity (Wildman–Crippen MR) is 74.9 cm³/mol. The maximum Gasteiger partial charge on any atom is 0.122 e. The van der Waals surface area contributed by atoms with Crippen LogP contribution in [0.4, 0.5) is 4.39 Å². The van der Waals surface area contributed by atoms with Crippen LogP contribution in [-0.2, 0) is 6.42 Å². The van der Waals surface area contributed by atoms with Gasteiger partial charge in [-0.2, -0.15) is 0 Å². The van der Waals surface area contributed by atoms with E-state index in [1.807, 2.05) is 18.2 Å². The third kappa shape index (κ3) is 3.45. The standard InChI is InChI=1S/C14H19BrFNO/c1-18-14-6-5-11(15)8-10(14)9-12(16)13-4-2-3-7-17-13/h5-6,8,12-13,17H,2-4,7,9H2,1H3. The van der Waals surface area contributed by atoms with Gasteiger partial charge in [0.05, 0.1) is 7.11 Å². The number of hydrogen-bond donors (Lipinski definition) is 1. The van der Waals surface area contributed by atoms with E-state index in [0.717, 1.165) is 41.6 Å². The summed E-state index contributed by atoms with van der Waals surface area (Å²) in [6.45, 7) is 0.931. The maximum absolute atomic E-state index is 14.3. The molecule has 2 nitrogen and oxygen atoms in total. The first-order valence-corrected chi connectivity index (χ1v) is 7.20. The molecule has 0 aliphatic carbocycles. The first kappa shape index (κ1) is 13.8. The van der Waals surface area contributed by atoms with Crippen molar-refractivity contribution in [3.05, 3.63) is 28.2 Å². The van der Waals surface area contributed by atoms with Gasteiger partial charge in [-0.1, -0.05) is 22.4 Å². The third-order valence-electron chi connectivity index (χ3n) is 3.44. The van der Waals surface area contributed by atoms with Crippen molar-refractivity contribution in [2.75, 3.05) is 13.7 Å². The molecule has 0 saturated carbocycles. The molecule has 1 aliphatic rings. The molecule has 100 valence electrons. The normalized spacial score (nSPS) is 21.6. The zero-order chi connectivity index (χ0) is 13.0. The lowest BCUT2D eigenvalue weighted by atomic mass is 9.96. The van der Waals surface area contributed by atoms with Crippen molar-refractivity contribution in [2.24, 2.45) is 0 Å². The fourth-order valence-corrected chi connectivity index (χ4v) is 2.86. The van der Waals surface area contributed by atoms with Crippen LogP contribution in [0.5, 0.6) is 5.75 Å². The van der Waals surface area contributed by atoms with Gasteiger partial charge in [0.2, 0.25) is 0 Å². The van der Waals surface area contributed by atoms with Gasteiger partial charge >= 0.3 is 0 Å². The smallest absolute Gasteiger partial charge is 0.122 e. The van der Waals surface area contributed by atoms with Crippen LogP contribution < -0.4 is 10.1 Å². The summed E-state index contributed by atoms with van der Waals surface area (Å²) in [6.07, 6.45) is 2.75. The molecule has 1 N–H and O–H groups in total. The number of alkyl halides is 1. The molecule has 0 aromatic heterocycles. The Bertz CT molecular complexity index is 393. The number of ether oxygens (including phenoxy) is 1. The number of piperidine rings is 1. The third-order valence-corrected chi connectivity index (χ3v) is 3.94. The minimum atomic E-state index is -0.853. The molecule has 2 rings (SSSR count). The second-order valence-electron chi connectivity index (χ2n) is 4.73. The molecule has 1 saturated heterocycles. The minimum absolute atomic E-state index is 0.0116. The van der Waals surface area contributed by atoms with E-state index in [0.29, 0.717) is 6.42 Å². The number of hydrogen-bond acceptors (Lipinski definition) is 2. The van der Waals surface area contributed by atoms with Crippen LogP contribution in [-0.4, -0.2) is 25.9 Å². The Morgan fingerprint density at radius 1 is 1.50 bits per heavy atom. The van der Waals surface area contributed by atoms with E-state index in [1.54, 1.807) is 7.11 Å². The molecule has 1 aliphatic heterocycles. The van der Waals surface area contributed by atoms with Crippen molar-refractivity contribution in [3.8, 4) is 5.75 Å². The quantitative estimate of drug-likeness (QED) is 0.918. The van der Waals surface area contributed by atoms with Crippen LogP contribution in [0, 0.1) is 0 Å². The summed E-state index contributed by atoms with van der Waals surface area (Å²) in [5.74, 6) is 0.761. The van der Waals surface area contributed by atoms with Gasteiger partial charge in [0, 0.05) is 16.9 Å². The lowest BCUT2D eigenvalue weighted by Crippen LogP contribution is -2.42. The minimum Gasteiger partial charge on any atom is -0.496 e. The molecule has 0 spiro atoms. The predicted octanol–water partition coefficient (Wildman–Crippen LogP) is 3.48. The SMILES string of the molecule is COc1ccc(Br)cc1CC(F)C1CCCCN1. The van der Waals surface area contributed by atoms with Crippen molar-refractivity contribution in [1.29, 1.82) is 0 Å².